The van der Waals surface area contributed by atoms with Crippen molar-refractivity contribution in [3.05, 3.63) is 29.6 Å². The zero-order valence-corrected chi connectivity index (χ0v) is 6.78. The molecule has 1 N–H and O–H groups in total. The molecule has 0 heterocycles. The molecule has 0 fully saturated rings. The third kappa shape index (κ3) is 2.43. The summed E-state index contributed by atoms with van der Waals surface area (Å²) in [5.41, 5.74) is 0. The lowest BCUT2D eigenvalue weighted by atomic mass is 10.3. The van der Waals surface area contributed by atoms with Crippen LogP contribution in [0, 0.1) is 17.5 Å². The van der Waals surface area contributed by atoms with Gasteiger partial charge in [-0.3, -0.25) is 4.55 Å². The Morgan fingerprint density at radius 1 is 1.23 bits per heavy atom. The average molecular weight is 212 g/mol. The third-order valence-electron chi connectivity index (χ3n) is 1.12. The minimum Gasteiger partial charge on any atom is -0.380 e. The molecule has 0 aromatic heterocycles. The van der Waals surface area contributed by atoms with Crippen LogP contribution in [0.3, 0.4) is 0 Å². The van der Waals surface area contributed by atoms with Crippen LogP contribution >= 0.6 is 0 Å². The second-order valence-electron chi connectivity index (χ2n) is 2.00. The van der Waals surface area contributed by atoms with Gasteiger partial charge in [0, 0.05) is 12.1 Å². The van der Waals surface area contributed by atoms with E-state index in [-0.39, 0.29) is 0 Å². The molecule has 0 saturated carbocycles. The lowest BCUT2D eigenvalue weighted by Crippen LogP contribution is -2.00. The molecule has 0 saturated heterocycles. The molecule has 0 bridgehead atoms. The van der Waals surface area contributed by atoms with Crippen LogP contribution in [0.5, 0.6) is 5.75 Å². The van der Waals surface area contributed by atoms with Gasteiger partial charge in [-0.1, -0.05) is 0 Å². The molecule has 0 aliphatic heterocycles. The van der Waals surface area contributed by atoms with E-state index in [9.17, 15) is 17.4 Å². The van der Waals surface area contributed by atoms with Crippen LogP contribution < -0.4 is 4.18 Å². The summed E-state index contributed by atoms with van der Waals surface area (Å²) in [5.74, 6) is -5.19. The first kappa shape index (κ1) is 10.0. The molecule has 13 heavy (non-hydrogen) atoms. The smallest absolute Gasteiger partial charge is 0.357 e. The van der Waals surface area contributed by atoms with E-state index >= 15 is 0 Å². The molecule has 0 spiro atoms. The van der Waals surface area contributed by atoms with Gasteiger partial charge in [0.1, 0.15) is 5.75 Å². The summed E-state index contributed by atoms with van der Waals surface area (Å²) in [6.07, 6.45) is 0. The maximum absolute atomic E-state index is 12.4. The second-order valence-corrected chi connectivity index (χ2v) is 2.60. The maximum atomic E-state index is 12.4. The van der Waals surface area contributed by atoms with E-state index in [1.165, 1.54) is 0 Å². The average Bonchev–Trinajstić information content (AvgIpc) is 1.98. The highest BCUT2D eigenvalue weighted by molar-refractivity contribution is 7.74. The molecule has 72 valence electrons. The molecule has 1 unspecified atom stereocenters. The quantitative estimate of drug-likeness (QED) is 0.598. The van der Waals surface area contributed by atoms with Crippen molar-refractivity contribution >= 4 is 11.4 Å². The maximum Gasteiger partial charge on any atom is 0.357 e. The van der Waals surface area contributed by atoms with E-state index < -0.39 is 34.6 Å². The molecule has 0 aliphatic carbocycles. The minimum absolute atomic E-state index is 0.465. The molecule has 0 aliphatic rings. The van der Waals surface area contributed by atoms with E-state index in [0.717, 1.165) is 0 Å². The molecule has 7 heteroatoms. The predicted octanol–water partition coefficient (Wildman–Crippen LogP) is 1.62. The molecule has 1 atom stereocenters. The van der Waals surface area contributed by atoms with Gasteiger partial charge in [0.25, 0.3) is 0 Å². The summed E-state index contributed by atoms with van der Waals surface area (Å²) < 4.78 is 59.3. The van der Waals surface area contributed by atoms with Gasteiger partial charge >= 0.3 is 11.4 Å². The van der Waals surface area contributed by atoms with Gasteiger partial charge in [-0.25, -0.2) is 13.2 Å². The summed E-state index contributed by atoms with van der Waals surface area (Å²) in [5, 5.41) is 0. The Morgan fingerprint density at radius 2 is 1.69 bits per heavy atom. The van der Waals surface area contributed by atoms with Crippen LogP contribution in [-0.2, 0) is 11.4 Å². The molecular weight excluding hydrogens is 209 g/mol. The van der Waals surface area contributed by atoms with Crippen molar-refractivity contribution in [2.24, 2.45) is 0 Å². The third-order valence-corrected chi connectivity index (χ3v) is 1.46. The molecule has 1 rings (SSSR count). The highest BCUT2D eigenvalue weighted by Crippen LogP contribution is 2.19. The monoisotopic (exact) mass is 212 g/mol. The standard InChI is InChI=1S/C6H3F3O3S/c7-4-1-3(12-13(10)11)2-5(8)6(4)9/h1-2H,(H,10,11). The topological polar surface area (TPSA) is 46.5 Å². The fourth-order valence-electron chi connectivity index (χ4n) is 0.663. The molecule has 0 radical (unpaired) electrons. The Morgan fingerprint density at radius 3 is 2.08 bits per heavy atom. The van der Waals surface area contributed by atoms with E-state index in [2.05, 4.69) is 4.18 Å². The lowest BCUT2D eigenvalue weighted by Gasteiger charge is -2.00. The van der Waals surface area contributed by atoms with Gasteiger partial charge in [-0.15, -0.1) is 0 Å². The second kappa shape index (κ2) is 3.75. The van der Waals surface area contributed by atoms with E-state index in [1.807, 2.05) is 0 Å². The lowest BCUT2D eigenvalue weighted by molar-refractivity contribution is 0.426. The summed E-state index contributed by atoms with van der Waals surface area (Å²) in [4.78, 5) is 0. The summed E-state index contributed by atoms with van der Waals surface area (Å²) in [6.45, 7) is 0. The number of hydrogen-bond acceptors (Lipinski definition) is 2. The first-order chi connectivity index (χ1) is 6.00. The number of benzene rings is 1. The molecule has 1 aromatic carbocycles. The Kier molecular flexibility index (Phi) is 2.89. The van der Waals surface area contributed by atoms with Crippen molar-refractivity contribution in [2.75, 3.05) is 0 Å². The van der Waals surface area contributed by atoms with Gasteiger partial charge in [-0.2, -0.15) is 4.21 Å². The van der Waals surface area contributed by atoms with Gasteiger partial charge < -0.3 is 4.18 Å². The fraction of sp³-hybridized carbons (Fsp3) is 0. The van der Waals surface area contributed by atoms with E-state index in [4.69, 9.17) is 4.55 Å². The summed E-state index contributed by atoms with van der Waals surface area (Å²) in [7, 11) is 0. The van der Waals surface area contributed by atoms with Crippen LogP contribution in [0.4, 0.5) is 13.2 Å². The number of hydrogen-bond donors (Lipinski definition) is 1. The van der Waals surface area contributed by atoms with Crippen molar-refractivity contribution in [1.82, 2.24) is 0 Å². The van der Waals surface area contributed by atoms with Gasteiger partial charge in [-0.05, 0) is 0 Å². The number of halogens is 3. The summed E-state index contributed by atoms with van der Waals surface area (Å²) >= 11 is -2.70. The molecule has 3 nitrogen and oxygen atoms in total. The van der Waals surface area contributed by atoms with Gasteiger partial charge in [0.2, 0.25) is 0 Å². The molecule has 0 amide bonds. The first-order valence-corrected chi connectivity index (χ1v) is 3.97. The van der Waals surface area contributed by atoms with Gasteiger partial charge in [0.05, 0.1) is 0 Å². The van der Waals surface area contributed by atoms with Crippen molar-refractivity contribution in [2.45, 2.75) is 0 Å². The Balaban J connectivity index is 3.06. The van der Waals surface area contributed by atoms with Crippen LogP contribution in [0.25, 0.3) is 0 Å². The highest BCUT2D eigenvalue weighted by Gasteiger charge is 2.12. The zero-order chi connectivity index (χ0) is 10.0. The van der Waals surface area contributed by atoms with Crippen LogP contribution in [0.15, 0.2) is 12.1 Å². The van der Waals surface area contributed by atoms with Crippen molar-refractivity contribution in [3.8, 4) is 5.75 Å². The summed E-state index contributed by atoms with van der Waals surface area (Å²) in [6, 6.07) is 0.930. The largest absolute Gasteiger partial charge is 0.380 e. The molecule has 1 aromatic rings. The van der Waals surface area contributed by atoms with Gasteiger partial charge in [0.15, 0.2) is 17.5 Å². The Labute approximate surface area is 73.6 Å². The first-order valence-electron chi connectivity index (χ1n) is 2.94. The van der Waals surface area contributed by atoms with Crippen LogP contribution in [0.1, 0.15) is 0 Å². The van der Waals surface area contributed by atoms with Crippen molar-refractivity contribution in [3.63, 3.8) is 0 Å². The highest BCUT2D eigenvalue weighted by atomic mass is 32.2. The SMILES string of the molecule is O=S(O)Oc1cc(F)c(F)c(F)c1. The minimum atomic E-state index is -2.70. The van der Waals surface area contributed by atoms with Crippen molar-refractivity contribution in [1.29, 1.82) is 0 Å². The van der Waals surface area contributed by atoms with E-state index in [0.29, 0.717) is 12.1 Å². The Bertz CT molecular complexity index is 332. The predicted molar refractivity (Wildman–Crippen MR) is 37.7 cm³/mol. The zero-order valence-electron chi connectivity index (χ0n) is 5.96. The van der Waals surface area contributed by atoms with Crippen LogP contribution in [-0.4, -0.2) is 8.76 Å². The Hall–Kier alpha value is -1.08. The normalized spacial score (nSPS) is 12.6. The molecular formula is C6H3F3O3S. The van der Waals surface area contributed by atoms with Crippen LogP contribution in [0.2, 0.25) is 0 Å². The van der Waals surface area contributed by atoms with Crippen molar-refractivity contribution < 1.29 is 26.1 Å². The van der Waals surface area contributed by atoms with E-state index in [1.54, 1.807) is 0 Å². The number of rotatable bonds is 2. The fourth-order valence-corrected chi connectivity index (χ4v) is 0.924.